The highest BCUT2D eigenvalue weighted by atomic mass is 19.3. The molecule has 0 amide bonds. The lowest BCUT2D eigenvalue weighted by molar-refractivity contribution is -0.139. The maximum atomic E-state index is 13.0. The molecule has 0 spiro atoms. The summed E-state index contributed by atoms with van der Waals surface area (Å²) >= 11 is 0. The number of hydrogen-bond acceptors (Lipinski definition) is 3. The largest absolute Gasteiger partial charge is 0.353 e. The van der Waals surface area contributed by atoms with Crippen molar-refractivity contribution >= 4 is 0 Å². The molecule has 3 nitrogen and oxygen atoms in total. The zero-order valence-corrected chi connectivity index (χ0v) is 12.1. The van der Waals surface area contributed by atoms with Crippen LogP contribution in [0.1, 0.15) is 52.4 Å². The lowest BCUT2D eigenvalue weighted by atomic mass is 9.92. The molecule has 0 aliphatic heterocycles. The molecule has 1 aliphatic carbocycles. The second-order valence-corrected chi connectivity index (χ2v) is 5.07. The van der Waals surface area contributed by atoms with Crippen molar-refractivity contribution in [3.63, 3.8) is 0 Å². The van der Waals surface area contributed by atoms with Gasteiger partial charge in [-0.1, -0.05) is 0 Å². The minimum atomic E-state index is -2.44. The monoisotopic (exact) mass is 279 g/mol. The summed E-state index contributed by atoms with van der Waals surface area (Å²) < 4.78 is 36.9. The Kier molecular flexibility index (Phi) is 7.80. The molecule has 0 aromatic carbocycles. The minimum Gasteiger partial charge on any atom is -0.353 e. The highest BCUT2D eigenvalue weighted by Gasteiger charge is 2.34. The SMILES string of the molecule is CCOC(CCCNC1CCC(F)(F)CC1)OCC. The van der Waals surface area contributed by atoms with E-state index in [2.05, 4.69) is 5.32 Å². The number of alkyl halides is 2. The Hall–Kier alpha value is -0.260. The van der Waals surface area contributed by atoms with Gasteiger partial charge >= 0.3 is 0 Å². The Bertz CT molecular complexity index is 223. The average Bonchev–Trinajstić information content (AvgIpc) is 2.36. The molecule has 0 unspecified atom stereocenters. The molecule has 1 N–H and O–H groups in total. The van der Waals surface area contributed by atoms with Crippen molar-refractivity contribution in [2.24, 2.45) is 0 Å². The molecule has 5 heteroatoms. The third-order valence-corrected chi connectivity index (χ3v) is 3.47. The Labute approximate surface area is 115 Å². The van der Waals surface area contributed by atoms with Crippen LogP contribution in [0.25, 0.3) is 0 Å². The summed E-state index contributed by atoms with van der Waals surface area (Å²) in [6.07, 6.45) is 2.85. The summed E-state index contributed by atoms with van der Waals surface area (Å²) in [6.45, 7) is 6.04. The van der Waals surface area contributed by atoms with Crippen LogP contribution in [0.4, 0.5) is 8.78 Å². The Morgan fingerprint density at radius 3 is 2.26 bits per heavy atom. The van der Waals surface area contributed by atoms with Crippen LogP contribution in [0.5, 0.6) is 0 Å². The summed E-state index contributed by atoms with van der Waals surface area (Å²) in [6, 6.07) is 0.247. The first-order valence-electron chi connectivity index (χ1n) is 7.42. The Morgan fingerprint density at radius 2 is 1.74 bits per heavy atom. The topological polar surface area (TPSA) is 30.5 Å². The van der Waals surface area contributed by atoms with Crippen LogP contribution in [-0.2, 0) is 9.47 Å². The van der Waals surface area contributed by atoms with Crippen molar-refractivity contribution in [1.29, 1.82) is 0 Å². The van der Waals surface area contributed by atoms with Gasteiger partial charge in [0.1, 0.15) is 0 Å². The van der Waals surface area contributed by atoms with Gasteiger partial charge in [0.2, 0.25) is 5.92 Å². The molecule has 0 heterocycles. The number of rotatable bonds is 9. The first kappa shape index (κ1) is 16.8. The fourth-order valence-electron chi connectivity index (χ4n) is 2.41. The van der Waals surface area contributed by atoms with Crippen LogP contribution in [-0.4, -0.2) is 38.0 Å². The quantitative estimate of drug-likeness (QED) is 0.519. The van der Waals surface area contributed by atoms with E-state index in [0.29, 0.717) is 26.1 Å². The van der Waals surface area contributed by atoms with Gasteiger partial charge in [0.05, 0.1) is 0 Å². The first-order chi connectivity index (χ1) is 9.07. The normalized spacial score (nSPS) is 20.1. The summed E-state index contributed by atoms with van der Waals surface area (Å²) in [4.78, 5) is 0. The van der Waals surface area contributed by atoms with E-state index in [4.69, 9.17) is 9.47 Å². The summed E-state index contributed by atoms with van der Waals surface area (Å²) in [5.74, 6) is -2.44. The van der Waals surface area contributed by atoms with E-state index in [-0.39, 0.29) is 25.2 Å². The van der Waals surface area contributed by atoms with Gasteiger partial charge in [0.25, 0.3) is 0 Å². The van der Waals surface area contributed by atoms with Gasteiger partial charge in [0, 0.05) is 32.1 Å². The molecular formula is C14H27F2NO2. The second kappa shape index (κ2) is 8.82. The molecule has 0 aromatic rings. The zero-order valence-electron chi connectivity index (χ0n) is 12.1. The van der Waals surface area contributed by atoms with Crippen LogP contribution >= 0.6 is 0 Å². The second-order valence-electron chi connectivity index (χ2n) is 5.07. The zero-order chi connectivity index (χ0) is 14.1. The van der Waals surface area contributed by atoms with E-state index >= 15 is 0 Å². The van der Waals surface area contributed by atoms with E-state index in [0.717, 1.165) is 19.4 Å². The predicted octanol–water partition coefficient (Wildman–Crippen LogP) is 3.33. The highest BCUT2D eigenvalue weighted by Crippen LogP contribution is 2.32. The molecule has 0 saturated heterocycles. The summed E-state index contributed by atoms with van der Waals surface area (Å²) in [5.41, 5.74) is 0. The molecule has 114 valence electrons. The molecule has 0 radical (unpaired) electrons. The van der Waals surface area contributed by atoms with E-state index in [9.17, 15) is 8.78 Å². The highest BCUT2D eigenvalue weighted by molar-refractivity contribution is 4.81. The third kappa shape index (κ3) is 7.18. The van der Waals surface area contributed by atoms with E-state index in [1.807, 2.05) is 13.8 Å². The molecule has 1 fully saturated rings. The molecule has 1 aliphatic rings. The molecule has 1 rings (SSSR count). The fourth-order valence-corrected chi connectivity index (χ4v) is 2.41. The molecular weight excluding hydrogens is 252 g/mol. The van der Waals surface area contributed by atoms with Gasteiger partial charge < -0.3 is 14.8 Å². The molecule has 0 atom stereocenters. The number of halogens is 2. The van der Waals surface area contributed by atoms with Crippen molar-refractivity contribution in [2.45, 2.75) is 70.6 Å². The standard InChI is InChI=1S/C14H27F2NO2/c1-3-18-13(19-4-2)6-5-11-17-12-7-9-14(15,16)10-8-12/h12-13,17H,3-11H2,1-2H3. The smallest absolute Gasteiger partial charge is 0.248 e. The van der Waals surface area contributed by atoms with Crippen LogP contribution in [0.2, 0.25) is 0 Å². The van der Waals surface area contributed by atoms with Crippen LogP contribution < -0.4 is 5.32 Å². The van der Waals surface area contributed by atoms with Crippen molar-refractivity contribution in [3.8, 4) is 0 Å². The molecule has 0 bridgehead atoms. The van der Waals surface area contributed by atoms with Gasteiger partial charge in [-0.2, -0.15) is 0 Å². The molecule has 0 aromatic heterocycles. The predicted molar refractivity (Wildman–Crippen MR) is 71.5 cm³/mol. The first-order valence-corrected chi connectivity index (χ1v) is 7.42. The van der Waals surface area contributed by atoms with Crippen molar-refractivity contribution < 1.29 is 18.3 Å². The minimum absolute atomic E-state index is 0.0190. The average molecular weight is 279 g/mol. The molecule has 1 saturated carbocycles. The third-order valence-electron chi connectivity index (χ3n) is 3.47. The van der Waals surface area contributed by atoms with E-state index < -0.39 is 5.92 Å². The van der Waals surface area contributed by atoms with Crippen molar-refractivity contribution in [3.05, 3.63) is 0 Å². The van der Waals surface area contributed by atoms with Gasteiger partial charge in [-0.3, -0.25) is 0 Å². The van der Waals surface area contributed by atoms with E-state index in [1.54, 1.807) is 0 Å². The summed E-state index contributed by atoms with van der Waals surface area (Å²) in [7, 11) is 0. The Morgan fingerprint density at radius 1 is 1.16 bits per heavy atom. The maximum absolute atomic E-state index is 13.0. The van der Waals surface area contributed by atoms with Gasteiger partial charge in [0.15, 0.2) is 6.29 Å². The van der Waals surface area contributed by atoms with E-state index in [1.165, 1.54) is 0 Å². The van der Waals surface area contributed by atoms with Gasteiger partial charge in [-0.05, 0) is 46.1 Å². The number of ether oxygens (including phenoxy) is 2. The van der Waals surface area contributed by atoms with Crippen molar-refractivity contribution in [1.82, 2.24) is 5.32 Å². The number of nitrogens with one attached hydrogen (secondary N) is 1. The maximum Gasteiger partial charge on any atom is 0.248 e. The fraction of sp³-hybridized carbons (Fsp3) is 1.00. The number of hydrogen-bond donors (Lipinski definition) is 1. The van der Waals surface area contributed by atoms with Crippen LogP contribution in [0.3, 0.4) is 0 Å². The molecule has 19 heavy (non-hydrogen) atoms. The Balaban J connectivity index is 2.07. The lowest BCUT2D eigenvalue weighted by Crippen LogP contribution is -2.37. The van der Waals surface area contributed by atoms with Crippen LogP contribution in [0.15, 0.2) is 0 Å². The lowest BCUT2D eigenvalue weighted by Gasteiger charge is -2.29. The van der Waals surface area contributed by atoms with Crippen molar-refractivity contribution in [2.75, 3.05) is 19.8 Å². The summed E-state index contributed by atoms with van der Waals surface area (Å²) in [5, 5.41) is 3.35. The van der Waals surface area contributed by atoms with Gasteiger partial charge in [-0.25, -0.2) is 8.78 Å². The van der Waals surface area contributed by atoms with Crippen LogP contribution in [0, 0.1) is 0 Å². The van der Waals surface area contributed by atoms with Gasteiger partial charge in [-0.15, -0.1) is 0 Å².